The van der Waals surface area contributed by atoms with Crippen LogP contribution in [0.5, 0.6) is 46.0 Å². The van der Waals surface area contributed by atoms with E-state index in [4.69, 9.17) is 23.4 Å². The van der Waals surface area contributed by atoms with Crippen LogP contribution in [0.15, 0.2) is 258 Å². The quantitative estimate of drug-likeness (QED) is 0.132. The van der Waals surface area contributed by atoms with Crippen molar-refractivity contribution < 1.29 is 23.4 Å². The minimum absolute atomic E-state index is 0.0786. The van der Waals surface area contributed by atoms with Crippen molar-refractivity contribution in [3.63, 3.8) is 0 Å². The number of allylic oxidation sites excluding steroid dienone is 3. The van der Waals surface area contributed by atoms with Gasteiger partial charge in [0.25, 0.3) is 0 Å². The SMILES string of the molecule is O=c1c2ccccc2oc2ccc(-c3cc(-c4ccc5c(c4)Oc4cc(N(C6=CCCC=C6)c6ccccc6)ccc4O5)cc(-c4ccc5c(c4)Oc4cc(N(c6ccccc6)c6ccccc6)ccc4O5)c3)cc12. The molecule has 2 aliphatic heterocycles. The van der Waals surface area contributed by atoms with Gasteiger partial charge >= 0.3 is 0 Å². The predicted octanol–water partition coefficient (Wildman–Crippen LogP) is 18.6. The molecule has 1 aliphatic carbocycles. The number of ether oxygens (including phenoxy) is 4. The highest BCUT2D eigenvalue weighted by Crippen LogP contribution is 2.52. The number of para-hydroxylation sites is 4. The Bertz CT molecular complexity index is 4130. The second-order valence-corrected chi connectivity index (χ2v) is 18.7. The van der Waals surface area contributed by atoms with Crippen molar-refractivity contribution in [2.24, 2.45) is 0 Å². The molecule has 14 rings (SSSR count). The van der Waals surface area contributed by atoms with Gasteiger partial charge in [-0.05, 0) is 180 Å². The highest BCUT2D eigenvalue weighted by atomic mass is 16.6. The van der Waals surface area contributed by atoms with E-state index in [2.05, 4.69) is 113 Å². The van der Waals surface area contributed by atoms with Crippen molar-refractivity contribution in [1.82, 2.24) is 0 Å². The molecule has 0 spiro atoms. The molecule has 3 heterocycles. The molecule has 11 aromatic rings. The number of benzene rings is 10. The Kier molecular flexibility index (Phi) is 10.6. The van der Waals surface area contributed by atoms with Crippen LogP contribution in [0.4, 0.5) is 28.4 Å². The van der Waals surface area contributed by atoms with Crippen LogP contribution in [0.3, 0.4) is 0 Å². The summed E-state index contributed by atoms with van der Waals surface area (Å²) < 4.78 is 32.8. The average Bonchev–Trinajstić information content (AvgIpc) is 3.47. The number of anilines is 5. The fourth-order valence-electron chi connectivity index (χ4n) is 10.3. The Labute approximate surface area is 432 Å². The molecule has 0 saturated heterocycles. The van der Waals surface area contributed by atoms with Gasteiger partial charge in [0.1, 0.15) is 11.2 Å². The van der Waals surface area contributed by atoms with Crippen molar-refractivity contribution in [2.75, 3.05) is 9.80 Å². The summed E-state index contributed by atoms with van der Waals surface area (Å²) in [7, 11) is 0. The fraction of sp³-hybridized carbons (Fsp3) is 0.0299. The molecule has 358 valence electrons. The van der Waals surface area contributed by atoms with Gasteiger partial charge in [-0.2, -0.15) is 0 Å². The minimum Gasteiger partial charge on any atom is -0.456 e. The van der Waals surface area contributed by atoms with Crippen molar-refractivity contribution in [3.05, 3.63) is 259 Å². The van der Waals surface area contributed by atoms with Crippen LogP contribution in [0, 0.1) is 0 Å². The number of rotatable bonds is 9. The molecule has 0 unspecified atom stereocenters. The van der Waals surface area contributed by atoms with Crippen LogP contribution < -0.4 is 34.2 Å². The van der Waals surface area contributed by atoms with E-state index >= 15 is 0 Å². The molecule has 1 aromatic heterocycles. The summed E-state index contributed by atoms with van der Waals surface area (Å²) >= 11 is 0. The van der Waals surface area contributed by atoms with Crippen LogP contribution >= 0.6 is 0 Å². The molecule has 0 saturated carbocycles. The summed E-state index contributed by atoms with van der Waals surface area (Å²) in [4.78, 5) is 18.4. The highest BCUT2D eigenvalue weighted by molar-refractivity contribution is 5.93. The van der Waals surface area contributed by atoms with Crippen LogP contribution in [0.1, 0.15) is 12.8 Å². The summed E-state index contributed by atoms with van der Waals surface area (Å²) in [6, 6.07) is 74.8. The van der Waals surface area contributed by atoms with Crippen molar-refractivity contribution in [2.45, 2.75) is 12.8 Å². The van der Waals surface area contributed by atoms with Crippen LogP contribution in [0.25, 0.3) is 55.3 Å². The van der Waals surface area contributed by atoms with Crippen molar-refractivity contribution >= 4 is 50.4 Å². The van der Waals surface area contributed by atoms with E-state index in [9.17, 15) is 4.79 Å². The maximum absolute atomic E-state index is 14.0. The summed E-state index contributed by atoms with van der Waals surface area (Å²) in [5, 5.41) is 1.04. The van der Waals surface area contributed by atoms with Crippen LogP contribution in [-0.4, -0.2) is 0 Å². The van der Waals surface area contributed by atoms with Crippen LogP contribution in [-0.2, 0) is 0 Å². The standard InChI is InChI=1S/C67H44N2O6/c70-67-55-23-13-14-24-57(55)71-58-30-25-43(38-56(58)67)46-35-47(44-26-31-59-63(39-44)74-65-41-53(28-33-61(65)72-59)68(49-15-5-1-6-16-49)50-17-7-2-8-18-50)37-48(36-46)45-27-32-60-64(40-45)75-66-42-54(29-34-62(66)73-60)69(51-19-9-3-10-20-51)52-21-11-4-12-22-52/h1-3,5-11,13-42H,4,12H2. The maximum Gasteiger partial charge on any atom is 0.200 e. The third-order valence-electron chi connectivity index (χ3n) is 13.9. The summed E-state index contributed by atoms with van der Waals surface area (Å²) in [6.07, 6.45) is 8.66. The Morgan fingerprint density at radius 3 is 1.31 bits per heavy atom. The van der Waals surface area contributed by atoms with Gasteiger partial charge in [0.2, 0.25) is 5.43 Å². The van der Waals surface area contributed by atoms with Gasteiger partial charge in [-0.15, -0.1) is 0 Å². The highest BCUT2D eigenvalue weighted by Gasteiger charge is 2.26. The zero-order valence-electron chi connectivity index (χ0n) is 40.4. The predicted molar refractivity (Wildman–Crippen MR) is 299 cm³/mol. The van der Waals surface area contributed by atoms with Gasteiger partial charge in [0.15, 0.2) is 46.0 Å². The molecule has 10 aromatic carbocycles. The maximum atomic E-state index is 14.0. The molecule has 0 bridgehead atoms. The second kappa shape index (κ2) is 18.2. The van der Waals surface area contributed by atoms with Gasteiger partial charge in [0, 0.05) is 34.9 Å². The largest absolute Gasteiger partial charge is 0.456 e. The van der Waals surface area contributed by atoms with Gasteiger partial charge in [-0.3, -0.25) is 4.79 Å². The lowest BCUT2D eigenvalue weighted by Crippen LogP contribution is -2.16. The molecule has 8 heteroatoms. The van der Waals surface area contributed by atoms with Gasteiger partial charge in [-0.25, -0.2) is 0 Å². The Morgan fingerprint density at radius 1 is 0.320 bits per heavy atom. The third kappa shape index (κ3) is 8.11. The number of hydrogen-bond acceptors (Lipinski definition) is 8. The molecule has 3 aliphatic rings. The topological polar surface area (TPSA) is 73.6 Å². The molecule has 0 amide bonds. The van der Waals surface area contributed by atoms with E-state index < -0.39 is 0 Å². The van der Waals surface area contributed by atoms with Gasteiger partial charge in [-0.1, -0.05) is 97.1 Å². The lowest BCUT2D eigenvalue weighted by Gasteiger charge is -2.29. The smallest absolute Gasteiger partial charge is 0.200 e. The fourth-order valence-corrected chi connectivity index (χ4v) is 10.3. The number of hydrogen-bond donors (Lipinski definition) is 0. The van der Waals surface area contributed by atoms with Gasteiger partial charge in [0.05, 0.1) is 22.1 Å². The first-order valence-corrected chi connectivity index (χ1v) is 25.0. The first kappa shape index (κ1) is 43.7. The van der Waals surface area contributed by atoms with E-state index in [1.54, 1.807) is 0 Å². The lowest BCUT2D eigenvalue weighted by atomic mass is 9.92. The molecule has 0 N–H and O–H groups in total. The summed E-state index contributed by atoms with van der Waals surface area (Å²) in [6.45, 7) is 0. The molecule has 0 atom stereocenters. The van der Waals surface area contributed by atoms with E-state index in [0.29, 0.717) is 67.9 Å². The monoisotopic (exact) mass is 972 g/mol. The Balaban J connectivity index is 0.847. The average molecular weight is 973 g/mol. The zero-order valence-corrected chi connectivity index (χ0v) is 40.4. The molecule has 0 fully saturated rings. The van der Waals surface area contributed by atoms with E-state index in [1.807, 2.05) is 140 Å². The first-order chi connectivity index (χ1) is 37.0. The molecule has 0 radical (unpaired) electrons. The molecular formula is C67H44N2O6. The summed E-state index contributed by atoms with van der Waals surface area (Å²) in [5.41, 5.74) is 12.5. The van der Waals surface area contributed by atoms with E-state index in [0.717, 1.165) is 80.4 Å². The third-order valence-corrected chi connectivity index (χ3v) is 13.9. The minimum atomic E-state index is -0.0786. The Hall–Kier alpha value is -10.1. The number of fused-ring (bicyclic) bond motifs is 6. The first-order valence-electron chi connectivity index (χ1n) is 25.0. The normalized spacial score (nSPS) is 12.9. The molecular weight excluding hydrogens is 929 g/mol. The van der Waals surface area contributed by atoms with E-state index in [1.165, 1.54) is 0 Å². The van der Waals surface area contributed by atoms with Crippen molar-refractivity contribution in [1.29, 1.82) is 0 Å². The summed E-state index contributed by atoms with van der Waals surface area (Å²) in [5.74, 6) is 4.90. The molecule has 8 nitrogen and oxygen atoms in total. The second-order valence-electron chi connectivity index (χ2n) is 18.7. The number of nitrogens with zero attached hydrogens (tertiary/aromatic N) is 2. The van der Waals surface area contributed by atoms with Gasteiger partial charge < -0.3 is 33.2 Å². The van der Waals surface area contributed by atoms with E-state index in [-0.39, 0.29) is 5.43 Å². The zero-order chi connectivity index (χ0) is 49.8. The molecule has 75 heavy (non-hydrogen) atoms. The van der Waals surface area contributed by atoms with Crippen LogP contribution in [0.2, 0.25) is 0 Å². The lowest BCUT2D eigenvalue weighted by molar-refractivity contribution is 0.360. The van der Waals surface area contributed by atoms with Crippen molar-refractivity contribution in [3.8, 4) is 79.4 Å². The Morgan fingerprint density at radius 2 is 0.760 bits per heavy atom.